The Morgan fingerprint density at radius 3 is 2.00 bits per heavy atom. The van der Waals surface area contributed by atoms with Crippen molar-refractivity contribution >= 4 is 22.7 Å². The van der Waals surface area contributed by atoms with Crippen LogP contribution in [-0.2, 0) is 10.1 Å². The molecule has 0 amide bonds. The number of nitrogens with one attached hydrogen (secondary N) is 1. The Morgan fingerprint density at radius 2 is 1.90 bits per heavy atom. The van der Waals surface area contributed by atoms with E-state index in [1.807, 2.05) is 0 Å². The molecule has 0 aliphatic heterocycles. The van der Waals surface area contributed by atoms with Crippen molar-refractivity contribution in [3.63, 3.8) is 0 Å². The summed E-state index contributed by atoms with van der Waals surface area (Å²) in [6.07, 6.45) is 0. The summed E-state index contributed by atoms with van der Waals surface area (Å²) in [7, 11) is -4.04. The Bertz CT molecular complexity index is 187. The summed E-state index contributed by atoms with van der Waals surface area (Å²) in [6.45, 7) is 3.52. The molecular weight excluding hydrogens is 174 g/mol. The molecule has 62 valence electrons. The van der Waals surface area contributed by atoms with Gasteiger partial charge in [-0.3, -0.25) is 9.87 Å². The zero-order valence-corrected chi connectivity index (χ0v) is 7.48. The third-order valence-electron chi connectivity index (χ3n) is 0.758. The Balaban J connectivity index is 3.99. The molecule has 0 bridgehead atoms. The smallest absolute Gasteiger partial charge is 0.289 e. The molecule has 0 aromatic heterocycles. The topological polar surface area (TPSA) is 66.4 Å². The maximum atomic E-state index is 10.3. The van der Waals surface area contributed by atoms with Crippen LogP contribution < -0.4 is 5.32 Å². The summed E-state index contributed by atoms with van der Waals surface area (Å²) in [5.41, 5.74) is 0. The predicted octanol–water partition coefficient (Wildman–Crippen LogP) is 0.0856. The highest BCUT2D eigenvalue weighted by Gasteiger charge is 2.17. The Labute approximate surface area is 66.2 Å². The summed E-state index contributed by atoms with van der Waals surface area (Å²) in [4.78, 5) is 0. The summed E-state index contributed by atoms with van der Waals surface area (Å²) in [5, 5.41) is 2.51. The first-order valence-corrected chi connectivity index (χ1v) is 4.76. The molecule has 2 N–H and O–H groups in total. The van der Waals surface area contributed by atoms with Crippen molar-refractivity contribution in [2.45, 2.75) is 24.6 Å². The minimum absolute atomic E-state index is 0.0237. The lowest BCUT2D eigenvalue weighted by atomic mass is 10.4. The normalized spacial score (nSPS) is 15.7. The summed E-state index contributed by atoms with van der Waals surface area (Å²) in [5.74, 6) is 0. The second-order valence-electron chi connectivity index (χ2n) is 2.19. The van der Waals surface area contributed by atoms with Crippen LogP contribution in [0.3, 0.4) is 0 Å². The second kappa shape index (κ2) is 3.56. The van der Waals surface area contributed by atoms with E-state index in [4.69, 9.17) is 4.55 Å². The van der Waals surface area contributed by atoms with Gasteiger partial charge in [-0.2, -0.15) is 8.42 Å². The van der Waals surface area contributed by atoms with Gasteiger partial charge in [0, 0.05) is 6.04 Å². The Hall–Kier alpha value is 0.220. The highest BCUT2D eigenvalue weighted by atomic mass is 32.3. The van der Waals surface area contributed by atoms with Crippen molar-refractivity contribution in [3.05, 3.63) is 0 Å². The largest absolute Gasteiger partial charge is 0.290 e. The van der Waals surface area contributed by atoms with Crippen molar-refractivity contribution in [3.8, 4) is 0 Å². The van der Waals surface area contributed by atoms with E-state index < -0.39 is 14.8 Å². The predicted molar refractivity (Wildman–Crippen MR) is 42.6 cm³/mol. The van der Waals surface area contributed by atoms with E-state index in [0.717, 1.165) is 0 Å². The van der Waals surface area contributed by atoms with Crippen molar-refractivity contribution in [2.75, 3.05) is 0 Å². The molecule has 0 aromatic rings. The standard InChI is InChI=1S/C4H11NO3S2/c1-3(2)5-4(9)10(6,7)8/h3-5,9H,1-2H3,(H,6,7,8). The maximum absolute atomic E-state index is 10.3. The van der Waals surface area contributed by atoms with E-state index >= 15 is 0 Å². The molecule has 0 radical (unpaired) electrons. The molecule has 0 aliphatic carbocycles. The lowest BCUT2D eigenvalue weighted by Crippen LogP contribution is -2.36. The van der Waals surface area contributed by atoms with Crippen LogP contribution >= 0.6 is 12.6 Å². The maximum Gasteiger partial charge on any atom is 0.290 e. The van der Waals surface area contributed by atoms with E-state index in [2.05, 4.69) is 17.9 Å². The number of thiol groups is 1. The lowest BCUT2D eigenvalue weighted by molar-refractivity contribution is 0.465. The van der Waals surface area contributed by atoms with Crippen LogP contribution in [-0.4, -0.2) is 23.7 Å². The summed E-state index contributed by atoms with van der Waals surface area (Å²) in [6, 6.07) is -0.0237. The van der Waals surface area contributed by atoms with Crippen LogP contribution in [0.4, 0.5) is 0 Å². The lowest BCUT2D eigenvalue weighted by Gasteiger charge is -2.11. The van der Waals surface area contributed by atoms with Crippen molar-refractivity contribution in [2.24, 2.45) is 0 Å². The molecule has 1 atom stereocenters. The number of hydrogen-bond donors (Lipinski definition) is 3. The molecule has 0 rings (SSSR count). The van der Waals surface area contributed by atoms with Gasteiger partial charge in [-0.15, -0.1) is 12.6 Å². The molecule has 0 saturated carbocycles. The quantitative estimate of drug-likeness (QED) is 0.331. The van der Waals surface area contributed by atoms with Crippen LogP contribution in [0.2, 0.25) is 0 Å². The van der Waals surface area contributed by atoms with Gasteiger partial charge in [-0.05, 0) is 13.8 Å². The SMILES string of the molecule is CC(C)NC(S)S(=O)(=O)O. The van der Waals surface area contributed by atoms with E-state index in [1.54, 1.807) is 13.8 Å². The zero-order valence-electron chi connectivity index (χ0n) is 5.77. The second-order valence-corrected chi connectivity index (χ2v) is 4.56. The van der Waals surface area contributed by atoms with Gasteiger partial charge in [0.25, 0.3) is 10.1 Å². The Morgan fingerprint density at radius 1 is 1.50 bits per heavy atom. The molecule has 0 saturated heterocycles. The fraction of sp³-hybridized carbons (Fsp3) is 1.00. The molecule has 0 heterocycles. The van der Waals surface area contributed by atoms with Crippen LogP contribution in [0.1, 0.15) is 13.8 Å². The average Bonchev–Trinajstić information content (AvgIpc) is 1.60. The van der Waals surface area contributed by atoms with Gasteiger partial charge in [0.15, 0.2) is 4.71 Å². The van der Waals surface area contributed by atoms with E-state index in [1.165, 1.54) is 0 Å². The van der Waals surface area contributed by atoms with Crippen molar-refractivity contribution in [1.82, 2.24) is 5.32 Å². The van der Waals surface area contributed by atoms with Gasteiger partial charge in [-0.1, -0.05) is 0 Å². The third kappa shape index (κ3) is 4.10. The van der Waals surface area contributed by atoms with E-state index in [-0.39, 0.29) is 6.04 Å². The van der Waals surface area contributed by atoms with Crippen molar-refractivity contribution in [1.29, 1.82) is 0 Å². The minimum atomic E-state index is -4.04. The molecule has 4 nitrogen and oxygen atoms in total. The first kappa shape index (κ1) is 10.2. The van der Waals surface area contributed by atoms with Gasteiger partial charge in [-0.25, -0.2) is 0 Å². The summed E-state index contributed by atoms with van der Waals surface area (Å²) >= 11 is 3.60. The van der Waals surface area contributed by atoms with Gasteiger partial charge < -0.3 is 0 Å². The van der Waals surface area contributed by atoms with Gasteiger partial charge >= 0.3 is 0 Å². The fourth-order valence-electron chi connectivity index (χ4n) is 0.371. The van der Waals surface area contributed by atoms with Crippen LogP contribution in [0, 0.1) is 0 Å². The third-order valence-corrected chi connectivity index (χ3v) is 2.41. The van der Waals surface area contributed by atoms with Crippen LogP contribution in [0.15, 0.2) is 0 Å². The Kier molecular flexibility index (Phi) is 3.64. The zero-order chi connectivity index (χ0) is 8.36. The summed E-state index contributed by atoms with van der Waals surface area (Å²) < 4.78 is 27.7. The molecule has 0 fully saturated rings. The fourth-order valence-corrected chi connectivity index (χ4v) is 1.11. The monoisotopic (exact) mass is 185 g/mol. The highest BCUT2D eigenvalue weighted by Crippen LogP contribution is 1.99. The molecule has 1 unspecified atom stereocenters. The molecule has 0 aliphatic rings. The molecule has 10 heavy (non-hydrogen) atoms. The van der Waals surface area contributed by atoms with Gasteiger partial charge in [0.05, 0.1) is 0 Å². The van der Waals surface area contributed by atoms with Crippen LogP contribution in [0.5, 0.6) is 0 Å². The highest BCUT2D eigenvalue weighted by molar-refractivity contribution is 8.01. The molecule has 6 heteroatoms. The number of hydrogen-bond acceptors (Lipinski definition) is 4. The van der Waals surface area contributed by atoms with E-state index in [0.29, 0.717) is 0 Å². The average molecular weight is 185 g/mol. The number of rotatable bonds is 3. The first-order valence-electron chi connectivity index (χ1n) is 2.74. The van der Waals surface area contributed by atoms with Crippen molar-refractivity contribution < 1.29 is 13.0 Å². The van der Waals surface area contributed by atoms with E-state index in [9.17, 15) is 8.42 Å². The minimum Gasteiger partial charge on any atom is -0.289 e. The molecule has 0 spiro atoms. The van der Waals surface area contributed by atoms with Crippen LogP contribution in [0.25, 0.3) is 0 Å². The molecular formula is C4H11NO3S2. The molecule has 0 aromatic carbocycles. The van der Waals surface area contributed by atoms with Gasteiger partial charge in [0.1, 0.15) is 0 Å². The first-order chi connectivity index (χ1) is 4.34. The van der Waals surface area contributed by atoms with Gasteiger partial charge in [0.2, 0.25) is 0 Å².